The third-order valence-electron chi connectivity index (χ3n) is 4.20. The number of aromatic nitrogens is 1. The average Bonchev–Trinajstić information content (AvgIpc) is 3.00. The number of carbonyl (C=O) groups excluding carboxylic acids is 1. The normalized spacial score (nSPS) is 16.4. The summed E-state index contributed by atoms with van der Waals surface area (Å²) in [5.41, 5.74) is 2.26. The Morgan fingerprint density at radius 1 is 1.24 bits per heavy atom. The predicted molar refractivity (Wildman–Crippen MR) is 94.6 cm³/mol. The number of hydrogen-bond donors (Lipinski definition) is 2. The topological polar surface area (TPSA) is 79.6 Å². The number of morpholine rings is 1. The number of ether oxygens (including phenoxy) is 1. The highest BCUT2D eigenvalue weighted by Gasteiger charge is 2.20. The first-order valence-corrected chi connectivity index (χ1v) is 8.47. The second-order valence-corrected chi connectivity index (χ2v) is 6.30. The van der Waals surface area contributed by atoms with Crippen molar-refractivity contribution in [1.82, 2.24) is 15.4 Å². The van der Waals surface area contributed by atoms with Crippen molar-refractivity contribution in [2.45, 2.75) is 19.9 Å². The van der Waals surface area contributed by atoms with Gasteiger partial charge in [-0.05, 0) is 19.4 Å². The first-order valence-electron chi connectivity index (χ1n) is 8.47. The molecule has 25 heavy (non-hydrogen) atoms. The summed E-state index contributed by atoms with van der Waals surface area (Å²) in [6.45, 7) is 7.76. The largest absolute Gasteiger partial charge is 0.379 e. The standard InChI is InChI=1S/C18H24N4O3/c1-13-3-5-15(6-4-13)16(12-22-7-9-24-10-8-22)19-18(23)20-17-11-14(2)25-21-17/h3-6,11,16H,7-10,12H2,1-2H3,(H2,19,20,21,23)/t16-/m0/s1. The van der Waals surface area contributed by atoms with Crippen LogP contribution in [0.1, 0.15) is 22.9 Å². The lowest BCUT2D eigenvalue weighted by Gasteiger charge is -2.31. The van der Waals surface area contributed by atoms with Gasteiger partial charge in [0.1, 0.15) is 5.76 Å². The second kappa shape index (κ2) is 8.13. The molecule has 0 spiro atoms. The van der Waals surface area contributed by atoms with Crippen LogP contribution in [0, 0.1) is 13.8 Å². The minimum atomic E-state index is -0.299. The van der Waals surface area contributed by atoms with Gasteiger partial charge >= 0.3 is 6.03 Å². The first-order chi connectivity index (χ1) is 12.1. The van der Waals surface area contributed by atoms with Gasteiger partial charge in [0, 0.05) is 25.7 Å². The molecule has 1 aromatic heterocycles. The third-order valence-corrected chi connectivity index (χ3v) is 4.20. The number of amides is 2. The minimum absolute atomic E-state index is 0.119. The molecule has 1 aliphatic heterocycles. The Kier molecular flexibility index (Phi) is 5.67. The van der Waals surface area contributed by atoms with E-state index < -0.39 is 0 Å². The Hall–Kier alpha value is -2.38. The predicted octanol–water partition coefficient (Wildman–Crippen LogP) is 2.49. The summed E-state index contributed by atoms with van der Waals surface area (Å²) in [6, 6.07) is 9.49. The van der Waals surface area contributed by atoms with Crippen LogP contribution in [0.3, 0.4) is 0 Å². The molecule has 2 N–H and O–H groups in total. The Balaban J connectivity index is 1.68. The second-order valence-electron chi connectivity index (χ2n) is 6.30. The van der Waals surface area contributed by atoms with Crippen molar-refractivity contribution in [1.29, 1.82) is 0 Å². The Labute approximate surface area is 147 Å². The lowest BCUT2D eigenvalue weighted by molar-refractivity contribution is 0.0340. The number of nitrogens with one attached hydrogen (secondary N) is 2. The van der Waals surface area contributed by atoms with Gasteiger partial charge in [-0.25, -0.2) is 4.79 Å². The Bertz CT molecular complexity index is 693. The number of nitrogens with zero attached hydrogens (tertiary/aromatic N) is 2. The Morgan fingerprint density at radius 2 is 1.96 bits per heavy atom. The molecule has 1 fully saturated rings. The van der Waals surface area contributed by atoms with Crippen LogP contribution < -0.4 is 10.6 Å². The molecule has 3 rings (SSSR count). The van der Waals surface area contributed by atoms with Gasteiger partial charge in [0.15, 0.2) is 5.82 Å². The fraction of sp³-hybridized carbons (Fsp3) is 0.444. The molecule has 134 valence electrons. The van der Waals surface area contributed by atoms with Crippen LogP contribution >= 0.6 is 0 Å². The van der Waals surface area contributed by atoms with Gasteiger partial charge < -0.3 is 14.6 Å². The maximum atomic E-state index is 12.4. The number of carbonyl (C=O) groups is 1. The molecular weight excluding hydrogens is 320 g/mol. The first kappa shape index (κ1) is 17.4. The summed E-state index contributed by atoms with van der Waals surface area (Å²) in [5.74, 6) is 1.06. The summed E-state index contributed by atoms with van der Waals surface area (Å²) in [6.07, 6.45) is 0. The van der Waals surface area contributed by atoms with E-state index in [9.17, 15) is 4.79 Å². The van der Waals surface area contributed by atoms with E-state index in [-0.39, 0.29) is 12.1 Å². The number of urea groups is 1. The van der Waals surface area contributed by atoms with Gasteiger partial charge in [-0.2, -0.15) is 0 Å². The lowest BCUT2D eigenvalue weighted by atomic mass is 10.0. The number of benzene rings is 1. The molecule has 2 amide bonds. The molecule has 0 saturated carbocycles. The van der Waals surface area contributed by atoms with Crippen LogP contribution in [0.2, 0.25) is 0 Å². The highest BCUT2D eigenvalue weighted by Crippen LogP contribution is 2.17. The molecule has 1 aliphatic rings. The summed E-state index contributed by atoms with van der Waals surface area (Å²) in [7, 11) is 0. The van der Waals surface area contributed by atoms with E-state index in [1.165, 1.54) is 5.56 Å². The summed E-state index contributed by atoms with van der Waals surface area (Å²) in [4.78, 5) is 14.7. The number of anilines is 1. The molecule has 1 saturated heterocycles. The fourth-order valence-electron chi connectivity index (χ4n) is 2.81. The molecule has 7 nitrogen and oxygen atoms in total. The van der Waals surface area contributed by atoms with E-state index >= 15 is 0 Å². The van der Waals surface area contributed by atoms with Crippen LogP contribution in [0.15, 0.2) is 34.9 Å². The van der Waals surface area contributed by atoms with Crippen LogP contribution in [-0.2, 0) is 4.74 Å². The van der Waals surface area contributed by atoms with E-state index in [2.05, 4.69) is 45.0 Å². The smallest absolute Gasteiger partial charge is 0.321 e. The fourth-order valence-corrected chi connectivity index (χ4v) is 2.81. The van der Waals surface area contributed by atoms with Gasteiger partial charge in [0.2, 0.25) is 0 Å². The molecule has 1 atom stereocenters. The molecular formula is C18H24N4O3. The van der Waals surface area contributed by atoms with E-state index in [0.29, 0.717) is 11.6 Å². The molecule has 0 aliphatic carbocycles. The Morgan fingerprint density at radius 3 is 2.60 bits per heavy atom. The van der Waals surface area contributed by atoms with Crippen molar-refractivity contribution < 1.29 is 14.1 Å². The monoisotopic (exact) mass is 344 g/mol. The quantitative estimate of drug-likeness (QED) is 0.871. The van der Waals surface area contributed by atoms with Gasteiger partial charge in [-0.3, -0.25) is 10.2 Å². The molecule has 0 unspecified atom stereocenters. The van der Waals surface area contributed by atoms with Crippen molar-refractivity contribution in [3.8, 4) is 0 Å². The van der Waals surface area contributed by atoms with Gasteiger partial charge in [0.05, 0.1) is 19.3 Å². The highest BCUT2D eigenvalue weighted by molar-refractivity contribution is 5.88. The zero-order valence-electron chi connectivity index (χ0n) is 14.6. The van der Waals surface area contributed by atoms with E-state index in [4.69, 9.17) is 9.26 Å². The SMILES string of the molecule is Cc1ccc([C@H](CN2CCOCC2)NC(=O)Nc2cc(C)on2)cc1. The van der Waals surface area contributed by atoms with Crippen molar-refractivity contribution in [3.63, 3.8) is 0 Å². The number of hydrogen-bond acceptors (Lipinski definition) is 5. The lowest BCUT2D eigenvalue weighted by Crippen LogP contribution is -2.44. The van der Waals surface area contributed by atoms with Crippen molar-refractivity contribution in [2.24, 2.45) is 0 Å². The van der Waals surface area contributed by atoms with Gasteiger partial charge in [-0.15, -0.1) is 0 Å². The van der Waals surface area contributed by atoms with Crippen molar-refractivity contribution >= 4 is 11.8 Å². The molecule has 0 radical (unpaired) electrons. The highest BCUT2D eigenvalue weighted by atomic mass is 16.5. The number of aryl methyl sites for hydroxylation is 2. The number of rotatable bonds is 5. The van der Waals surface area contributed by atoms with Crippen LogP contribution in [0.4, 0.5) is 10.6 Å². The van der Waals surface area contributed by atoms with E-state index in [1.807, 2.05) is 6.92 Å². The molecule has 0 bridgehead atoms. The molecule has 2 heterocycles. The molecule has 7 heteroatoms. The van der Waals surface area contributed by atoms with Crippen LogP contribution in [0.5, 0.6) is 0 Å². The van der Waals surface area contributed by atoms with Gasteiger partial charge in [0.25, 0.3) is 0 Å². The van der Waals surface area contributed by atoms with E-state index in [1.54, 1.807) is 13.0 Å². The summed E-state index contributed by atoms with van der Waals surface area (Å²) in [5, 5.41) is 9.55. The van der Waals surface area contributed by atoms with E-state index in [0.717, 1.165) is 38.4 Å². The molecule has 2 aromatic rings. The zero-order chi connectivity index (χ0) is 17.6. The third kappa shape index (κ3) is 5.04. The summed E-state index contributed by atoms with van der Waals surface area (Å²) >= 11 is 0. The van der Waals surface area contributed by atoms with Gasteiger partial charge in [-0.1, -0.05) is 35.0 Å². The maximum absolute atomic E-state index is 12.4. The van der Waals surface area contributed by atoms with Crippen molar-refractivity contribution in [2.75, 3.05) is 38.2 Å². The minimum Gasteiger partial charge on any atom is -0.379 e. The van der Waals surface area contributed by atoms with Crippen LogP contribution in [-0.4, -0.2) is 48.9 Å². The average molecular weight is 344 g/mol. The maximum Gasteiger partial charge on any atom is 0.321 e. The zero-order valence-corrected chi connectivity index (χ0v) is 14.6. The summed E-state index contributed by atoms with van der Waals surface area (Å²) < 4.78 is 10.4. The van der Waals surface area contributed by atoms with Crippen molar-refractivity contribution in [3.05, 3.63) is 47.2 Å². The van der Waals surface area contributed by atoms with Crippen LogP contribution in [0.25, 0.3) is 0 Å². The molecule has 1 aromatic carbocycles.